The van der Waals surface area contributed by atoms with E-state index in [0.29, 0.717) is 23.7 Å². The molecule has 0 fully saturated rings. The molecule has 2 heterocycles. The van der Waals surface area contributed by atoms with Crippen LogP contribution in [0.4, 0.5) is 4.39 Å². The summed E-state index contributed by atoms with van der Waals surface area (Å²) < 4.78 is 20.2. The molecule has 8 heteroatoms. The fraction of sp³-hybridized carbons (Fsp3) is 0.182. The maximum absolute atomic E-state index is 13.1. The number of amides is 1. The summed E-state index contributed by atoms with van der Waals surface area (Å²) >= 11 is 0. The summed E-state index contributed by atoms with van der Waals surface area (Å²) in [6.07, 6.45) is 4.01. The van der Waals surface area contributed by atoms with E-state index in [9.17, 15) is 9.18 Å². The van der Waals surface area contributed by atoms with Gasteiger partial charge in [0.2, 0.25) is 17.6 Å². The summed E-state index contributed by atoms with van der Waals surface area (Å²) in [5.74, 6) is 0.956. The number of aromatic nitrogens is 4. The highest BCUT2D eigenvalue weighted by atomic mass is 19.1. The second kappa shape index (κ2) is 8.69. The average Bonchev–Trinajstić information content (AvgIpc) is 3.41. The Labute approximate surface area is 172 Å². The molecule has 1 N–H and O–H groups in total. The van der Waals surface area contributed by atoms with E-state index in [0.717, 1.165) is 11.4 Å². The van der Waals surface area contributed by atoms with Gasteiger partial charge in [0, 0.05) is 37.8 Å². The minimum Gasteiger partial charge on any atom is -0.342 e. The van der Waals surface area contributed by atoms with Gasteiger partial charge in [-0.3, -0.25) is 4.79 Å². The van der Waals surface area contributed by atoms with Crippen molar-refractivity contribution >= 4 is 5.91 Å². The minimum atomic E-state index is -0.365. The van der Waals surface area contributed by atoms with E-state index < -0.39 is 0 Å². The van der Waals surface area contributed by atoms with Gasteiger partial charge < -0.3 is 14.4 Å². The Morgan fingerprint density at radius 3 is 2.63 bits per heavy atom. The standard InChI is InChI=1S/C22H20FN5O2/c1-28-14-13-24-22(28)20(15-5-3-2-4-6-15)25-18(29)11-12-19-26-21(27-30-19)16-7-9-17(23)10-8-16/h2-10,13-14,20H,11-12H2,1H3,(H,25,29). The van der Waals surface area contributed by atoms with Gasteiger partial charge in [-0.05, 0) is 29.8 Å². The number of halogens is 1. The summed E-state index contributed by atoms with van der Waals surface area (Å²) in [5.41, 5.74) is 1.59. The first-order valence-corrected chi connectivity index (χ1v) is 9.50. The second-order valence-electron chi connectivity index (χ2n) is 6.83. The highest BCUT2D eigenvalue weighted by molar-refractivity contribution is 5.77. The maximum atomic E-state index is 13.1. The Morgan fingerprint density at radius 2 is 1.93 bits per heavy atom. The molecule has 1 amide bonds. The fourth-order valence-corrected chi connectivity index (χ4v) is 3.12. The smallest absolute Gasteiger partial charge is 0.227 e. The molecule has 4 rings (SSSR count). The van der Waals surface area contributed by atoms with Crippen LogP contribution in [0, 0.1) is 5.82 Å². The van der Waals surface area contributed by atoms with Crippen LogP contribution in [0.15, 0.2) is 71.5 Å². The van der Waals surface area contributed by atoms with Crippen LogP contribution < -0.4 is 5.32 Å². The Kier molecular flexibility index (Phi) is 5.65. The lowest BCUT2D eigenvalue weighted by Crippen LogP contribution is -2.31. The van der Waals surface area contributed by atoms with Gasteiger partial charge in [-0.15, -0.1) is 0 Å². The number of hydrogen-bond donors (Lipinski definition) is 1. The van der Waals surface area contributed by atoms with Gasteiger partial charge in [0.1, 0.15) is 17.7 Å². The van der Waals surface area contributed by atoms with E-state index in [1.807, 2.05) is 48.1 Å². The molecule has 1 unspecified atom stereocenters. The van der Waals surface area contributed by atoms with Crippen molar-refractivity contribution in [1.82, 2.24) is 25.0 Å². The third kappa shape index (κ3) is 4.43. The number of carbonyl (C=O) groups excluding carboxylic acids is 1. The van der Waals surface area contributed by atoms with Crippen LogP contribution in [0.1, 0.15) is 29.7 Å². The van der Waals surface area contributed by atoms with E-state index in [-0.39, 0.29) is 24.2 Å². The molecule has 0 aliphatic carbocycles. The zero-order valence-corrected chi connectivity index (χ0v) is 16.3. The molecule has 0 radical (unpaired) electrons. The van der Waals surface area contributed by atoms with Crippen molar-refractivity contribution in [1.29, 1.82) is 0 Å². The molecule has 0 bridgehead atoms. The van der Waals surface area contributed by atoms with Gasteiger partial charge in [-0.1, -0.05) is 35.5 Å². The lowest BCUT2D eigenvalue weighted by molar-refractivity contribution is -0.121. The van der Waals surface area contributed by atoms with Crippen LogP contribution in [-0.4, -0.2) is 25.6 Å². The first kappa shape index (κ1) is 19.5. The van der Waals surface area contributed by atoms with Gasteiger partial charge in [-0.2, -0.15) is 4.98 Å². The van der Waals surface area contributed by atoms with Crippen LogP contribution in [0.5, 0.6) is 0 Å². The molecule has 0 aliphatic heterocycles. The lowest BCUT2D eigenvalue weighted by atomic mass is 10.1. The topological polar surface area (TPSA) is 85.8 Å². The largest absolute Gasteiger partial charge is 0.342 e. The highest BCUT2D eigenvalue weighted by Gasteiger charge is 2.21. The Bertz CT molecular complexity index is 1120. The van der Waals surface area contributed by atoms with Crippen molar-refractivity contribution in [2.45, 2.75) is 18.9 Å². The van der Waals surface area contributed by atoms with Gasteiger partial charge in [0.15, 0.2) is 0 Å². The van der Waals surface area contributed by atoms with Crippen LogP contribution in [-0.2, 0) is 18.3 Å². The first-order chi connectivity index (χ1) is 14.6. The average molecular weight is 405 g/mol. The van der Waals surface area contributed by atoms with Crippen LogP contribution in [0.3, 0.4) is 0 Å². The third-order valence-electron chi connectivity index (χ3n) is 4.69. The normalized spacial score (nSPS) is 11.9. The molecular weight excluding hydrogens is 385 g/mol. The zero-order chi connectivity index (χ0) is 20.9. The van der Waals surface area contributed by atoms with E-state index >= 15 is 0 Å². The quantitative estimate of drug-likeness (QED) is 0.509. The van der Waals surface area contributed by atoms with E-state index in [1.165, 1.54) is 12.1 Å². The summed E-state index contributed by atoms with van der Waals surface area (Å²) in [6, 6.07) is 15.1. The number of hydrogen-bond acceptors (Lipinski definition) is 5. The molecule has 152 valence electrons. The van der Waals surface area contributed by atoms with E-state index in [4.69, 9.17) is 4.52 Å². The monoisotopic (exact) mass is 405 g/mol. The third-order valence-corrected chi connectivity index (χ3v) is 4.69. The number of aryl methyl sites for hydroxylation is 2. The van der Waals surface area contributed by atoms with E-state index in [2.05, 4.69) is 20.4 Å². The summed E-state index contributed by atoms with van der Waals surface area (Å²) in [6.45, 7) is 0. The van der Waals surface area contributed by atoms with Gasteiger partial charge in [-0.25, -0.2) is 9.37 Å². The van der Waals surface area contributed by atoms with Crippen molar-refractivity contribution in [2.75, 3.05) is 0 Å². The number of carbonyl (C=O) groups is 1. The van der Waals surface area contributed by atoms with Crippen molar-refractivity contribution in [3.63, 3.8) is 0 Å². The number of nitrogens with zero attached hydrogens (tertiary/aromatic N) is 4. The summed E-state index contributed by atoms with van der Waals surface area (Å²) in [7, 11) is 1.89. The highest BCUT2D eigenvalue weighted by Crippen LogP contribution is 2.21. The molecule has 2 aromatic carbocycles. The molecule has 2 aromatic heterocycles. The van der Waals surface area contributed by atoms with Crippen molar-refractivity contribution in [3.05, 3.63) is 90.1 Å². The molecule has 4 aromatic rings. The van der Waals surface area contributed by atoms with Crippen LogP contribution >= 0.6 is 0 Å². The Morgan fingerprint density at radius 1 is 1.17 bits per heavy atom. The predicted octanol–water partition coefficient (Wildman–Crippen LogP) is 3.45. The van der Waals surface area contributed by atoms with Gasteiger partial charge in [0.25, 0.3) is 0 Å². The first-order valence-electron chi connectivity index (χ1n) is 9.50. The van der Waals surface area contributed by atoms with Crippen LogP contribution in [0.2, 0.25) is 0 Å². The van der Waals surface area contributed by atoms with Gasteiger partial charge >= 0.3 is 0 Å². The number of rotatable bonds is 7. The Balaban J connectivity index is 1.42. The number of benzene rings is 2. The molecule has 0 spiro atoms. The Hall–Kier alpha value is -3.81. The molecule has 7 nitrogen and oxygen atoms in total. The number of nitrogens with one attached hydrogen (secondary N) is 1. The molecule has 0 aliphatic rings. The molecule has 0 saturated heterocycles. The second-order valence-corrected chi connectivity index (χ2v) is 6.83. The van der Waals surface area contributed by atoms with Crippen molar-refractivity contribution < 1.29 is 13.7 Å². The molecule has 1 atom stereocenters. The predicted molar refractivity (Wildman–Crippen MR) is 108 cm³/mol. The van der Waals surface area contributed by atoms with Gasteiger partial charge in [0.05, 0.1) is 0 Å². The zero-order valence-electron chi connectivity index (χ0n) is 16.3. The minimum absolute atomic E-state index is 0.159. The number of imidazole rings is 1. The summed E-state index contributed by atoms with van der Waals surface area (Å²) in [4.78, 5) is 21.3. The molecular formula is C22H20FN5O2. The SMILES string of the molecule is Cn1ccnc1C(NC(=O)CCc1nc(-c2ccc(F)cc2)no1)c1ccccc1. The van der Waals surface area contributed by atoms with E-state index in [1.54, 1.807) is 18.3 Å². The molecule has 0 saturated carbocycles. The lowest BCUT2D eigenvalue weighted by Gasteiger charge is -2.19. The summed E-state index contributed by atoms with van der Waals surface area (Å²) in [5, 5.41) is 6.94. The van der Waals surface area contributed by atoms with Crippen LogP contribution in [0.25, 0.3) is 11.4 Å². The van der Waals surface area contributed by atoms with Crippen molar-refractivity contribution in [2.24, 2.45) is 7.05 Å². The fourth-order valence-electron chi connectivity index (χ4n) is 3.12. The molecule has 30 heavy (non-hydrogen) atoms. The maximum Gasteiger partial charge on any atom is 0.227 e. The van der Waals surface area contributed by atoms with Crippen molar-refractivity contribution in [3.8, 4) is 11.4 Å².